The van der Waals surface area contributed by atoms with Gasteiger partial charge in [0.1, 0.15) is 17.8 Å². The Morgan fingerprint density at radius 3 is 1.92 bits per heavy atom. The average Bonchev–Trinajstić information content (AvgIpc) is 3.46. The van der Waals surface area contributed by atoms with Gasteiger partial charge in [0.2, 0.25) is 0 Å². The van der Waals surface area contributed by atoms with Gasteiger partial charge in [-0.1, -0.05) is 20.8 Å². The van der Waals surface area contributed by atoms with Crippen molar-refractivity contribution in [2.75, 3.05) is 0 Å². The van der Waals surface area contributed by atoms with Gasteiger partial charge in [-0.2, -0.15) is 0 Å². The van der Waals surface area contributed by atoms with Crippen molar-refractivity contribution in [1.29, 1.82) is 0 Å². The summed E-state index contributed by atoms with van der Waals surface area (Å²) >= 11 is 0. The molecule has 7 aliphatic rings. The summed E-state index contributed by atoms with van der Waals surface area (Å²) in [4.78, 5) is 36.5. The number of rotatable bonds is 6. The zero-order valence-corrected chi connectivity index (χ0v) is 24.9. The summed E-state index contributed by atoms with van der Waals surface area (Å²) < 4.78 is 17.3. The van der Waals surface area contributed by atoms with Crippen LogP contribution in [0.3, 0.4) is 0 Å². The lowest BCUT2D eigenvalue weighted by atomic mass is 9.50. The van der Waals surface area contributed by atoms with Crippen LogP contribution in [0.25, 0.3) is 0 Å². The van der Waals surface area contributed by atoms with Gasteiger partial charge in [-0.15, -0.1) is 0 Å². The number of esters is 3. The molecule has 38 heavy (non-hydrogen) atoms. The van der Waals surface area contributed by atoms with Crippen LogP contribution >= 0.6 is 0 Å². The maximum Gasteiger partial charge on any atom is 0.312 e. The molecule has 0 aromatic carbocycles. The molecule has 1 saturated heterocycles. The molecule has 0 amide bonds. The van der Waals surface area contributed by atoms with E-state index in [1.54, 1.807) is 0 Å². The van der Waals surface area contributed by atoms with Gasteiger partial charge in [0.05, 0.1) is 16.7 Å². The number of carbonyl (C=O) groups is 3. The summed E-state index contributed by atoms with van der Waals surface area (Å²) in [6, 6.07) is 0. The van der Waals surface area contributed by atoms with Crippen LogP contribution in [0.5, 0.6) is 0 Å². The SMILES string of the molecule is CCC(C)(C)C(=O)OC1(C)C2CC3CC(C2)CC1C3.CCC(C)(C)C(=O)OC1C2CC3C1OC(=O)C3C2C. The molecule has 6 unspecified atom stereocenters. The lowest BCUT2D eigenvalue weighted by Gasteiger charge is -2.59. The van der Waals surface area contributed by atoms with E-state index in [9.17, 15) is 14.4 Å². The monoisotopic (exact) mass is 530 g/mol. The molecule has 6 heteroatoms. The molecular formula is C32H50O6. The van der Waals surface area contributed by atoms with Gasteiger partial charge in [-0.3, -0.25) is 14.4 Å². The van der Waals surface area contributed by atoms with E-state index in [0.717, 1.165) is 31.1 Å². The van der Waals surface area contributed by atoms with Gasteiger partial charge in [0.15, 0.2) is 0 Å². The third-order valence-electron chi connectivity index (χ3n) is 12.1. The van der Waals surface area contributed by atoms with Gasteiger partial charge in [0, 0.05) is 11.8 Å². The first kappa shape index (κ1) is 28.0. The van der Waals surface area contributed by atoms with Crippen molar-refractivity contribution in [3.63, 3.8) is 0 Å². The molecule has 0 radical (unpaired) electrons. The van der Waals surface area contributed by atoms with Crippen LogP contribution < -0.4 is 0 Å². The van der Waals surface area contributed by atoms with Crippen LogP contribution in [0.4, 0.5) is 0 Å². The molecule has 6 nitrogen and oxygen atoms in total. The first-order chi connectivity index (χ1) is 17.7. The van der Waals surface area contributed by atoms with Crippen molar-refractivity contribution in [2.24, 2.45) is 58.2 Å². The van der Waals surface area contributed by atoms with E-state index in [4.69, 9.17) is 14.2 Å². The molecule has 6 saturated carbocycles. The Kier molecular flexibility index (Phi) is 6.99. The Hall–Kier alpha value is -1.59. The van der Waals surface area contributed by atoms with Gasteiger partial charge in [0.25, 0.3) is 0 Å². The summed E-state index contributed by atoms with van der Waals surface area (Å²) in [7, 11) is 0. The highest BCUT2D eigenvalue weighted by Crippen LogP contribution is 2.60. The Morgan fingerprint density at radius 2 is 1.39 bits per heavy atom. The van der Waals surface area contributed by atoms with Crippen molar-refractivity contribution in [3.05, 3.63) is 0 Å². The van der Waals surface area contributed by atoms with Crippen LogP contribution in [0, 0.1) is 58.2 Å². The maximum atomic E-state index is 12.5. The lowest BCUT2D eigenvalue weighted by Crippen LogP contribution is -2.58. The average molecular weight is 531 g/mol. The molecule has 0 aromatic rings. The molecule has 1 aliphatic heterocycles. The van der Waals surface area contributed by atoms with E-state index in [-0.39, 0.29) is 58.9 Å². The maximum absolute atomic E-state index is 12.5. The van der Waals surface area contributed by atoms with Crippen LogP contribution in [0.1, 0.15) is 107 Å². The zero-order chi connectivity index (χ0) is 27.8. The first-order valence-corrected chi connectivity index (χ1v) is 15.4. The number of hydrogen-bond donors (Lipinski definition) is 0. The lowest BCUT2D eigenvalue weighted by molar-refractivity contribution is -0.211. The van der Waals surface area contributed by atoms with Gasteiger partial charge in [-0.05, 0) is 116 Å². The number of hydrogen-bond acceptors (Lipinski definition) is 6. The zero-order valence-electron chi connectivity index (χ0n) is 24.9. The van der Waals surface area contributed by atoms with Crippen LogP contribution in [0.15, 0.2) is 0 Å². The Balaban J connectivity index is 0.000000155. The second-order valence-corrected chi connectivity index (χ2v) is 15.1. The summed E-state index contributed by atoms with van der Waals surface area (Å²) in [6.07, 6.45) is 8.78. The minimum absolute atomic E-state index is 0.0185. The van der Waals surface area contributed by atoms with Gasteiger partial charge < -0.3 is 14.2 Å². The summed E-state index contributed by atoms with van der Waals surface area (Å²) in [6.45, 7) is 16.2. The van der Waals surface area contributed by atoms with Crippen LogP contribution in [-0.2, 0) is 28.6 Å². The molecule has 214 valence electrons. The fraction of sp³-hybridized carbons (Fsp3) is 0.906. The molecule has 0 N–H and O–H groups in total. The standard InChI is InChI=1S/C17H28O2.C15H22O4/c1-5-16(2,3)15(18)19-17(4)13-7-11-6-12(9-13)10-14(17)8-11;1-5-15(3,4)14(17)19-11-8-6-9-10(7(8)2)13(16)18-12(9)11/h11-14H,5-10H2,1-4H3;7-12H,5-6H2,1-4H3. The van der Waals surface area contributed by atoms with Crippen molar-refractivity contribution in [2.45, 2.75) is 125 Å². The molecule has 1 heterocycles. The molecule has 6 bridgehead atoms. The van der Waals surface area contributed by atoms with Crippen molar-refractivity contribution in [1.82, 2.24) is 0 Å². The van der Waals surface area contributed by atoms with Crippen molar-refractivity contribution >= 4 is 17.9 Å². The van der Waals surface area contributed by atoms with E-state index < -0.39 is 5.41 Å². The van der Waals surface area contributed by atoms with Gasteiger partial charge >= 0.3 is 17.9 Å². The second kappa shape index (κ2) is 9.51. The summed E-state index contributed by atoms with van der Waals surface area (Å²) in [5, 5.41) is 0. The molecule has 7 fully saturated rings. The van der Waals surface area contributed by atoms with Crippen LogP contribution in [-0.4, -0.2) is 35.7 Å². The fourth-order valence-electron chi connectivity index (χ4n) is 8.70. The molecule has 6 atom stereocenters. The van der Waals surface area contributed by atoms with E-state index in [2.05, 4.69) is 20.8 Å². The predicted molar refractivity (Wildman–Crippen MR) is 144 cm³/mol. The number of ether oxygens (including phenoxy) is 3. The summed E-state index contributed by atoms with van der Waals surface area (Å²) in [5.74, 6) is 3.76. The minimum Gasteiger partial charge on any atom is -0.458 e. The Morgan fingerprint density at radius 1 is 0.868 bits per heavy atom. The molecule has 0 spiro atoms. The topological polar surface area (TPSA) is 78.9 Å². The Labute approximate surface area is 229 Å². The molecular weight excluding hydrogens is 480 g/mol. The number of fused-ring (bicyclic) bond motifs is 1. The minimum atomic E-state index is -0.465. The predicted octanol–water partition coefficient (Wildman–Crippen LogP) is 6.34. The highest BCUT2D eigenvalue weighted by atomic mass is 16.6. The highest BCUT2D eigenvalue weighted by molar-refractivity contribution is 5.79. The molecule has 7 rings (SSSR count). The molecule has 0 aromatic heterocycles. The van der Waals surface area contributed by atoms with E-state index in [1.165, 1.54) is 32.1 Å². The highest BCUT2D eigenvalue weighted by Gasteiger charge is 2.67. The molecule has 6 aliphatic carbocycles. The summed E-state index contributed by atoms with van der Waals surface area (Å²) in [5.41, 5.74) is -0.971. The Bertz CT molecular complexity index is 937. The quantitative estimate of drug-likeness (QED) is 0.294. The van der Waals surface area contributed by atoms with E-state index >= 15 is 0 Å². The van der Waals surface area contributed by atoms with Crippen molar-refractivity contribution in [3.8, 4) is 0 Å². The van der Waals surface area contributed by atoms with E-state index in [1.807, 2.05) is 34.6 Å². The first-order valence-electron chi connectivity index (χ1n) is 15.4. The smallest absolute Gasteiger partial charge is 0.312 e. The third kappa shape index (κ3) is 4.40. The normalized spacial score (nSPS) is 43.9. The van der Waals surface area contributed by atoms with E-state index in [0.29, 0.717) is 17.8 Å². The second-order valence-electron chi connectivity index (χ2n) is 15.1. The largest absolute Gasteiger partial charge is 0.458 e. The third-order valence-corrected chi connectivity index (χ3v) is 12.1. The van der Waals surface area contributed by atoms with Crippen LogP contribution in [0.2, 0.25) is 0 Å². The van der Waals surface area contributed by atoms with Crippen molar-refractivity contribution < 1.29 is 28.6 Å². The fourth-order valence-corrected chi connectivity index (χ4v) is 8.70. The van der Waals surface area contributed by atoms with Gasteiger partial charge in [-0.25, -0.2) is 0 Å². The number of carbonyl (C=O) groups excluding carboxylic acids is 3.